The average molecular weight is 495 g/mol. The first-order valence-corrected chi connectivity index (χ1v) is 11.8. The van der Waals surface area contributed by atoms with Gasteiger partial charge in [0.1, 0.15) is 11.5 Å². The number of aromatic nitrogens is 3. The lowest BCUT2D eigenvalue weighted by atomic mass is 9.98. The van der Waals surface area contributed by atoms with Crippen LogP contribution in [0.4, 0.5) is 4.39 Å². The lowest BCUT2D eigenvalue weighted by Gasteiger charge is -2.31. The van der Waals surface area contributed by atoms with Crippen molar-refractivity contribution in [2.45, 2.75) is 33.2 Å². The normalized spacial score (nSPS) is 15.5. The predicted octanol–water partition coefficient (Wildman–Crippen LogP) is 2.31. The maximum atomic E-state index is 14.6. The first-order valence-electron chi connectivity index (χ1n) is 11.8. The molecule has 0 spiro atoms. The van der Waals surface area contributed by atoms with Crippen molar-refractivity contribution in [2.24, 2.45) is 5.92 Å². The van der Waals surface area contributed by atoms with Crippen LogP contribution in [0.5, 0.6) is 0 Å². The van der Waals surface area contributed by atoms with Gasteiger partial charge in [0.2, 0.25) is 5.69 Å². The zero-order valence-corrected chi connectivity index (χ0v) is 20.1. The minimum Gasteiger partial charge on any atom is -0.466 e. The SMILES string of the molecule is CCOC(=O)[C@@H]1CCCN(C(=O)c2nn(-c3ccccc3F)c(=O)n(Cc3ccc(C)cc3)c2=O)C1. The molecule has 1 aromatic heterocycles. The van der Waals surface area contributed by atoms with Gasteiger partial charge in [0.15, 0.2) is 0 Å². The highest BCUT2D eigenvalue weighted by Gasteiger charge is 2.32. The number of benzene rings is 2. The molecule has 2 aromatic carbocycles. The van der Waals surface area contributed by atoms with Gasteiger partial charge < -0.3 is 9.64 Å². The molecule has 10 heteroatoms. The second kappa shape index (κ2) is 10.7. The fourth-order valence-electron chi connectivity index (χ4n) is 4.21. The molecule has 3 aromatic rings. The Morgan fingerprint density at radius 3 is 2.53 bits per heavy atom. The summed E-state index contributed by atoms with van der Waals surface area (Å²) in [5, 5.41) is 4.02. The molecule has 0 N–H and O–H groups in total. The zero-order valence-electron chi connectivity index (χ0n) is 20.1. The second-order valence-electron chi connectivity index (χ2n) is 8.71. The lowest BCUT2D eigenvalue weighted by Crippen LogP contribution is -2.49. The van der Waals surface area contributed by atoms with Crippen LogP contribution in [0.1, 0.15) is 41.4 Å². The first kappa shape index (κ1) is 25.0. The molecule has 0 unspecified atom stereocenters. The van der Waals surface area contributed by atoms with E-state index in [0.717, 1.165) is 20.9 Å². The Morgan fingerprint density at radius 2 is 1.83 bits per heavy atom. The number of piperidine rings is 1. The van der Waals surface area contributed by atoms with E-state index in [4.69, 9.17) is 4.74 Å². The fraction of sp³-hybridized carbons (Fsp3) is 0.346. The van der Waals surface area contributed by atoms with E-state index in [1.54, 1.807) is 19.1 Å². The van der Waals surface area contributed by atoms with Crippen molar-refractivity contribution in [2.75, 3.05) is 19.7 Å². The molecule has 1 atom stereocenters. The van der Waals surface area contributed by atoms with Crippen LogP contribution in [0.3, 0.4) is 0 Å². The quantitative estimate of drug-likeness (QED) is 0.487. The number of carbonyl (C=O) groups excluding carboxylic acids is 2. The standard InChI is InChI=1S/C26H27FN4O5/c1-3-36-25(34)19-7-6-14-29(16-19)23(32)22-24(33)30(15-18-12-10-17(2)11-13-18)26(35)31(28-22)21-9-5-4-8-20(21)27/h4-5,8-13,19H,3,6-7,14-16H2,1-2H3/t19-/m1/s1. The Bertz CT molecular complexity index is 1400. The Kier molecular flexibility index (Phi) is 7.42. The van der Waals surface area contributed by atoms with Crippen LogP contribution in [-0.2, 0) is 16.1 Å². The number of aryl methyl sites for hydroxylation is 1. The molecule has 1 amide bonds. The summed E-state index contributed by atoms with van der Waals surface area (Å²) in [6.07, 6.45) is 1.10. The topological polar surface area (TPSA) is 104 Å². The van der Waals surface area contributed by atoms with Gasteiger partial charge in [-0.05, 0) is 44.4 Å². The van der Waals surface area contributed by atoms with Crippen LogP contribution in [0.2, 0.25) is 0 Å². The maximum Gasteiger partial charge on any atom is 0.352 e. The van der Waals surface area contributed by atoms with Gasteiger partial charge in [0, 0.05) is 13.1 Å². The van der Waals surface area contributed by atoms with Gasteiger partial charge in [0.25, 0.3) is 11.5 Å². The van der Waals surface area contributed by atoms with Gasteiger partial charge in [-0.25, -0.2) is 9.18 Å². The Morgan fingerprint density at radius 1 is 1.11 bits per heavy atom. The molecule has 188 valence electrons. The number of para-hydroxylation sites is 1. The van der Waals surface area contributed by atoms with E-state index in [9.17, 15) is 23.6 Å². The molecule has 36 heavy (non-hydrogen) atoms. The lowest BCUT2D eigenvalue weighted by molar-refractivity contribution is -0.149. The van der Waals surface area contributed by atoms with Gasteiger partial charge in [-0.3, -0.25) is 19.0 Å². The second-order valence-corrected chi connectivity index (χ2v) is 8.71. The molecule has 0 bridgehead atoms. The molecular weight excluding hydrogens is 467 g/mol. The van der Waals surface area contributed by atoms with Crippen molar-refractivity contribution < 1.29 is 18.7 Å². The third-order valence-electron chi connectivity index (χ3n) is 6.13. The van der Waals surface area contributed by atoms with E-state index in [1.165, 1.54) is 23.1 Å². The fourth-order valence-corrected chi connectivity index (χ4v) is 4.21. The van der Waals surface area contributed by atoms with Crippen LogP contribution in [-0.4, -0.2) is 50.8 Å². The largest absolute Gasteiger partial charge is 0.466 e. The summed E-state index contributed by atoms with van der Waals surface area (Å²) >= 11 is 0. The summed E-state index contributed by atoms with van der Waals surface area (Å²) in [7, 11) is 0. The number of amides is 1. The van der Waals surface area contributed by atoms with Crippen molar-refractivity contribution >= 4 is 11.9 Å². The van der Waals surface area contributed by atoms with E-state index in [-0.39, 0.29) is 25.4 Å². The van der Waals surface area contributed by atoms with E-state index in [2.05, 4.69) is 5.10 Å². The number of hydrogen-bond acceptors (Lipinski definition) is 6. The van der Waals surface area contributed by atoms with Gasteiger partial charge in [-0.15, -0.1) is 0 Å². The number of ether oxygens (including phenoxy) is 1. The van der Waals surface area contributed by atoms with Crippen molar-refractivity contribution in [3.8, 4) is 5.69 Å². The Labute approximate surface area is 206 Å². The van der Waals surface area contributed by atoms with Gasteiger partial charge in [-0.2, -0.15) is 9.78 Å². The van der Waals surface area contributed by atoms with Crippen molar-refractivity contribution in [3.63, 3.8) is 0 Å². The van der Waals surface area contributed by atoms with Crippen LogP contribution < -0.4 is 11.2 Å². The summed E-state index contributed by atoms with van der Waals surface area (Å²) in [6.45, 7) is 4.09. The maximum absolute atomic E-state index is 14.6. The molecule has 0 radical (unpaired) electrons. The van der Waals surface area contributed by atoms with Crippen molar-refractivity contribution in [3.05, 3.63) is 92.0 Å². The smallest absolute Gasteiger partial charge is 0.352 e. The van der Waals surface area contributed by atoms with Crippen molar-refractivity contribution in [1.29, 1.82) is 0 Å². The number of likely N-dealkylation sites (tertiary alicyclic amines) is 1. The first-order chi connectivity index (χ1) is 17.3. The third kappa shape index (κ3) is 5.12. The molecule has 4 rings (SSSR count). The number of halogens is 1. The Hall–Kier alpha value is -4.08. The summed E-state index contributed by atoms with van der Waals surface area (Å²) < 4.78 is 21.3. The highest BCUT2D eigenvalue weighted by Crippen LogP contribution is 2.19. The highest BCUT2D eigenvalue weighted by atomic mass is 19.1. The minimum absolute atomic E-state index is 0.0651. The van der Waals surface area contributed by atoms with Crippen LogP contribution in [0.25, 0.3) is 5.69 Å². The molecule has 1 aliphatic rings. The van der Waals surface area contributed by atoms with Crippen LogP contribution in [0.15, 0.2) is 58.1 Å². The van der Waals surface area contributed by atoms with Gasteiger partial charge in [0.05, 0.1) is 19.1 Å². The van der Waals surface area contributed by atoms with Gasteiger partial charge >= 0.3 is 11.7 Å². The van der Waals surface area contributed by atoms with E-state index < -0.39 is 40.6 Å². The van der Waals surface area contributed by atoms with Crippen LogP contribution in [0, 0.1) is 18.7 Å². The van der Waals surface area contributed by atoms with E-state index in [0.29, 0.717) is 24.9 Å². The average Bonchev–Trinajstić information content (AvgIpc) is 2.88. The monoisotopic (exact) mass is 494 g/mol. The van der Waals surface area contributed by atoms with Gasteiger partial charge in [-0.1, -0.05) is 42.0 Å². The number of rotatable bonds is 6. The molecule has 9 nitrogen and oxygen atoms in total. The Balaban J connectivity index is 1.79. The molecule has 1 fully saturated rings. The summed E-state index contributed by atoms with van der Waals surface area (Å²) in [5.41, 5.74) is -0.792. The summed E-state index contributed by atoms with van der Waals surface area (Å²) in [6, 6.07) is 12.7. The minimum atomic E-state index is -0.878. The number of hydrogen-bond donors (Lipinski definition) is 0. The number of nitrogens with zero attached hydrogens (tertiary/aromatic N) is 4. The zero-order chi connectivity index (χ0) is 25.8. The summed E-state index contributed by atoms with van der Waals surface area (Å²) in [4.78, 5) is 53.7. The van der Waals surface area contributed by atoms with E-state index >= 15 is 0 Å². The molecule has 1 aliphatic heterocycles. The molecule has 0 aliphatic carbocycles. The molecule has 2 heterocycles. The summed E-state index contributed by atoms with van der Waals surface area (Å²) in [5.74, 6) is -2.38. The van der Waals surface area contributed by atoms with Crippen molar-refractivity contribution in [1.82, 2.24) is 19.2 Å². The molecular formula is C26H27FN4O5. The number of carbonyl (C=O) groups is 2. The highest BCUT2D eigenvalue weighted by molar-refractivity contribution is 5.92. The van der Waals surface area contributed by atoms with Crippen LogP contribution >= 0.6 is 0 Å². The molecule has 1 saturated heterocycles. The molecule has 0 saturated carbocycles. The predicted molar refractivity (Wildman–Crippen MR) is 130 cm³/mol. The van der Waals surface area contributed by atoms with E-state index in [1.807, 2.05) is 19.1 Å². The third-order valence-corrected chi connectivity index (χ3v) is 6.13. The number of esters is 1.